The number of aromatic nitrogens is 1. The molecule has 118 valence electrons. The van der Waals surface area contributed by atoms with E-state index in [0.29, 0.717) is 0 Å². The summed E-state index contributed by atoms with van der Waals surface area (Å²) in [7, 11) is 1.98. The van der Waals surface area contributed by atoms with Crippen molar-refractivity contribution in [2.45, 2.75) is 24.2 Å². The molecule has 0 radical (unpaired) electrons. The number of fused-ring (bicyclic) bond motifs is 1. The molecule has 0 bridgehead atoms. The van der Waals surface area contributed by atoms with Crippen molar-refractivity contribution in [1.29, 1.82) is 0 Å². The first-order valence-electron chi connectivity index (χ1n) is 7.81. The van der Waals surface area contributed by atoms with Crippen molar-refractivity contribution in [2.24, 2.45) is 12.8 Å². The van der Waals surface area contributed by atoms with Gasteiger partial charge in [0.1, 0.15) is 0 Å². The molecule has 1 saturated carbocycles. The third kappa shape index (κ3) is 1.96. The summed E-state index contributed by atoms with van der Waals surface area (Å²) in [6.07, 6.45) is -2.07. The molecule has 0 aliphatic heterocycles. The highest BCUT2D eigenvalue weighted by Crippen LogP contribution is 2.44. The van der Waals surface area contributed by atoms with Crippen LogP contribution in [0, 0.1) is 0 Å². The van der Waals surface area contributed by atoms with E-state index in [9.17, 15) is 10.2 Å². The van der Waals surface area contributed by atoms with Crippen molar-refractivity contribution in [3.8, 4) is 11.3 Å². The quantitative estimate of drug-likeness (QED) is 0.758. The summed E-state index contributed by atoms with van der Waals surface area (Å²) < 4.78 is 2.07. The van der Waals surface area contributed by atoms with Crippen LogP contribution in [0.5, 0.6) is 0 Å². The van der Waals surface area contributed by atoms with Gasteiger partial charge in [0.25, 0.3) is 0 Å². The highest BCUT2D eigenvalue weighted by atomic mass is 16.3. The van der Waals surface area contributed by atoms with Crippen molar-refractivity contribution < 1.29 is 10.2 Å². The second-order valence-electron chi connectivity index (χ2n) is 6.24. The average molecular weight is 306 g/mol. The lowest BCUT2D eigenvalue weighted by atomic mass is 9.69. The molecule has 4 nitrogen and oxygen atoms in total. The van der Waals surface area contributed by atoms with E-state index >= 15 is 0 Å². The largest absolute Gasteiger partial charge is 0.850 e. The molecule has 1 aliphatic carbocycles. The summed E-state index contributed by atoms with van der Waals surface area (Å²) >= 11 is 0. The molecule has 1 aliphatic rings. The summed E-state index contributed by atoms with van der Waals surface area (Å²) in [6, 6.07) is 17.0. The third-order valence-electron chi connectivity index (χ3n) is 4.99. The van der Waals surface area contributed by atoms with Gasteiger partial charge in [-0.3, -0.25) is 0 Å². The van der Waals surface area contributed by atoms with Crippen molar-refractivity contribution >= 4 is 10.9 Å². The fourth-order valence-corrected chi connectivity index (χ4v) is 3.74. The average Bonchev–Trinajstić information content (AvgIpc) is 2.88. The number of para-hydroxylation sites is 1. The van der Waals surface area contributed by atoms with E-state index < -0.39 is 24.2 Å². The number of hydrogen-bond donors (Lipinski definition) is 1. The molecule has 1 aromatic heterocycles. The Hall–Kier alpha value is -2.14. The zero-order chi connectivity index (χ0) is 16.1. The monoisotopic (exact) mass is 306 g/mol. The lowest BCUT2D eigenvalue weighted by Crippen LogP contribution is -2.72. The molecule has 2 atom stereocenters. The molecule has 1 heterocycles. The molecule has 0 amide bonds. The molecule has 2 aromatic carbocycles. The van der Waals surface area contributed by atoms with E-state index in [4.69, 9.17) is 5.73 Å². The first-order chi connectivity index (χ1) is 11.1. The minimum absolute atomic E-state index is 0.577. The Morgan fingerprint density at radius 2 is 1.52 bits per heavy atom. The van der Waals surface area contributed by atoms with Crippen LogP contribution in [0.15, 0.2) is 54.6 Å². The highest BCUT2D eigenvalue weighted by Gasteiger charge is 2.38. The zero-order valence-corrected chi connectivity index (χ0v) is 12.8. The number of rotatable bonds is 2. The first-order valence-corrected chi connectivity index (χ1v) is 7.81. The van der Waals surface area contributed by atoms with Crippen molar-refractivity contribution in [3.05, 3.63) is 60.2 Å². The summed E-state index contributed by atoms with van der Waals surface area (Å²) in [5, 5.41) is 25.7. The lowest BCUT2D eigenvalue weighted by Gasteiger charge is -2.60. The Balaban J connectivity index is 2.02. The first kappa shape index (κ1) is 14.5. The van der Waals surface area contributed by atoms with Crippen LogP contribution in [0.1, 0.15) is 11.5 Å². The van der Waals surface area contributed by atoms with E-state index in [2.05, 4.69) is 4.57 Å². The Bertz CT molecular complexity index is 846. The normalized spacial score (nSPS) is 27.1. The van der Waals surface area contributed by atoms with E-state index in [-0.39, 0.29) is 0 Å². The van der Waals surface area contributed by atoms with E-state index in [1.54, 1.807) is 0 Å². The second kappa shape index (κ2) is 5.20. The van der Waals surface area contributed by atoms with E-state index in [0.717, 1.165) is 27.7 Å². The van der Waals surface area contributed by atoms with Crippen LogP contribution in [-0.4, -0.2) is 22.8 Å². The van der Waals surface area contributed by atoms with Crippen molar-refractivity contribution in [1.82, 2.24) is 4.57 Å². The Labute approximate surface area is 134 Å². The molecule has 1 fully saturated rings. The fourth-order valence-electron chi connectivity index (χ4n) is 3.74. The minimum atomic E-state index is -1.04. The maximum atomic E-state index is 12.4. The van der Waals surface area contributed by atoms with Gasteiger partial charge < -0.3 is 20.5 Å². The van der Waals surface area contributed by atoms with Crippen LogP contribution < -0.4 is 15.9 Å². The van der Waals surface area contributed by atoms with Crippen LogP contribution in [0.25, 0.3) is 22.2 Å². The molecule has 4 heteroatoms. The van der Waals surface area contributed by atoms with Gasteiger partial charge in [0.15, 0.2) is 0 Å². The van der Waals surface area contributed by atoms with Crippen LogP contribution >= 0.6 is 0 Å². The van der Waals surface area contributed by atoms with Gasteiger partial charge in [-0.25, -0.2) is 0 Å². The predicted molar refractivity (Wildman–Crippen MR) is 86.6 cm³/mol. The summed E-state index contributed by atoms with van der Waals surface area (Å²) in [6.45, 7) is 0. The number of benzene rings is 2. The lowest BCUT2D eigenvalue weighted by molar-refractivity contribution is -0.532. The van der Waals surface area contributed by atoms with Gasteiger partial charge in [0, 0.05) is 18.0 Å². The molecular weight excluding hydrogens is 288 g/mol. The van der Waals surface area contributed by atoms with Crippen molar-refractivity contribution in [3.63, 3.8) is 0 Å². The van der Waals surface area contributed by atoms with Gasteiger partial charge in [-0.05, 0) is 29.2 Å². The fraction of sp³-hybridized carbons (Fsp3) is 0.263. The minimum Gasteiger partial charge on any atom is -0.850 e. The molecule has 2 unspecified atom stereocenters. The van der Waals surface area contributed by atoms with Crippen LogP contribution in [0.2, 0.25) is 0 Å². The smallest absolute Gasteiger partial charge is 0.0523 e. The molecule has 4 rings (SSSR count). The van der Waals surface area contributed by atoms with E-state index in [1.165, 1.54) is 0 Å². The maximum absolute atomic E-state index is 12.4. The number of hydrogen-bond acceptors (Lipinski definition) is 3. The second-order valence-corrected chi connectivity index (χ2v) is 6.24. The Kier molecular flexibility index (Phi) is 3.27. The molecule has 0 spiro atoms. The zero-order valence-electron chi connectivity index (χ0n) is 12.8. The number of aryl methyl sites for hydroxylation is 1. The SMILES string of the molecule is Cn1c(-c2ccccc2)c(C2C([O-])C(N)C2[O-])c2ccccc21. The Morgan fingerprint density at radius 3 is 2.22 bits per heavy atom. The van der Waals surface area contributed by atoms with Gasteiger partial charge in [0.2, 0.25) is 0 Å². The molecule has 23 heavy (non-hydrogen) atoms. The van der Waals surface area contributed by atoms with E-state index in [1.807, 2.05) is 61.6 Å². The van der Waals surface area contributed by atoms with Crippen molar-refractivity contribution in [2.75, 3.05) is 0 Å². The number of nitrogens with two attached hydrogens (primary N) is 1. The van der Waals surface area contributed by atoms with Gasteiger partial charge in [-0.1, -0.05) is 48.5 Å². The van der Waals surface area contributed by atoms with Gasteiger partial charge in [0.05, 0.1) is 5.69 Å². The highest BCUT2D eigenvalue weighted by molar-refractivity contribution is 5.92. The van der Waals surface area contributed by atoms with Gasteiger partial charge in [-0.15, -0.1) is 12.2 Å². The predicted octanol–water partition coefficient (Wildman–Crippen LogP) is 0.728. The number of nitrogens with zero attached hydrogens (tertiary/aromatic N) is 1. The third-order valence-corrected chi connectivity index (χ3v) is 4.99. The van der Waals surface area contributed by atoms with Crippen LogP contribution in [-0.2, 0) is 7.05 Å². The molecule has 0 saturated heterocycles. The molecular formula is C19H18N2O2-2. The topological polar surface area (TPSA) is 77.1 Å². The Morgan fingerprint density at radius 1 is 0.913 bits per heavy atom. The summed E-state index contributed by atoms with van der Waals surface area (Å²) in [4.78, 5) is 0. The standard InChI is InChI=1S/C19H18N2O2/c1-21-13-10-6-5-9-12(13)14(15-18(22)16(20)19(15)23)17(21)11-7-3-2-4-8-11/h2-10,15-16,18-19H,20H2,1H3/q-2. The molecule has 3 aromatic rings. The molecule has 2 N–H and O–H groups in total. The van der Waals surface area contributed by atoms with Crippen LogP contribution in [0.4, 0.5) is 0 Å². The van der Waals surface area contributed by atoms with Crippen LogP contribution in [0.3, 0.4) is 0 Å². The summed E-state index contributed by atoms with van der Waals surface area (Å²) in [5.41, 5.74) is 9.55. The summed E-state index contributed by atoms with van der Waals surface area (Å²) in [5.74, 6) is -0.577. The maximum Gasteiger partial charge on any atom is 0.0523 e. The van der Waals surface area contributed by atoms with Gasteiger partial charge in [-0.2, -0.15) is 0 Å². The van der Waals surface area contributed by atoms with Gasteiger partial charge >= 0.3 is 0 Å².